The summed E-state index contributed by atoms with van der Waals surface area (Å²) in [7, 11) is 1.45. The number of hydrogen-bond donors (Lipinski definition) is 0. The van der Waals surface area contributed by atoms with Crippen molar-refractivity contribution in [3.8, 4) is 0 Å². The number of amides is 2. The standard InChI is InChI=1S/C8H18.C5H5NO2/c1-5-7-8(3,4)6-2;1-6-4(7)2-3-5(6)8/h5-7H2,1-4H3;2-3H,1H3. The number of likely N-dealkylation sites (N-methyl/N-ethyl adjacent to an activating group) is 1. The van der Waals surface area contributed by atoms with Crippen molar-refractivity contribution in [3.05, 3.63) is 12.2 Å². The van der Waals surface area contributed by atoms with E-state index in [-0.39, 0.29) is 11.8 Å². The van der Waals surface area contributed by atoms with Crippen molar-refractivity contribution in [2.75, 3.05) is 7.05 Å². The quantitative estimate of drug-likeness (QED) is 0.693. The van der Waals surface area contributed by atoms with Gasteiger partial charge in [-0.05, 0) is 11.8 Å². The summed E-state index contributed by atoms with van der Waals surface area (Å²) < 4.78 is 0. The Hall–Kier alpha value is -1.12. The average molecular weight is 225 g/mol. The first-order chi connectivity index (χ1) is 7.34. The third-order valence-electron chi connectivity index (χ3n) is 2.91. The van der Waals surface area contributed by atoms with Crippen LogP contribution in [-0.2, 0) is 9.59 Å². The predicted octanol–water partition coefficient (Wildman–Crippen LogP) is 2.76. The molecule has 0 saturated carbocycles. The molecule has 16 heavy (non-hydrogen) atoms. The highest BCUT2D eigenvalue weighted by Gasteiger charge is 2.17. The van der Waals surface area contributed by atoms with Crippen LogP contribution in [0.25, 0.3) is 0 Å². The Balaban J connectivity index is 0.000000281. The van der Waals surface area contributed by atoms with E-state index in [2.05, 4.69) is 27.7 Å². The van der Waals surface area contributed by atoms with Crippen LogP contribution >= 0.6 is 0 Å². The third kappa shape index (κ3) is 5.10. The maximum Gasteiger partial charge on any atom is 0.253 e. The molecule has 92 valence electrons. The summed E-state index contributed by atoms with van der Waals surface area (Å²) >= 11 is 0. The molecule has 2 amide bonds. The number of carbonyl (C=O) groups is 2. The van der Waals surface area contributed by atoms with E-state index in [4.69, 9.17) is 0 Å². The van der Waals surface area contributed by atoms with Gasteiger partial charge in [0, 0.05) is 19.2 Å². The second-order valence-electron chi connectivity index (χ2n) is 4.84. The lowest BCUT2D eigenvalue weighted by atomic mass is 9.86. The van der Waals surface area contributed by atoms with Crippen molar-refractivity contribution in [1.82, 2.24) is 4.90 Å². The Morgan fingerprint density at radius 1 is 1.12 bits per heavy atom. The lowest BCUT2D eigenvalue weighted by Gasteiger charge is -2.20. The fourth-order valence-corrected chi connectivity index (χ4v) is 1.33. The van der Waals surface area contributed by atoms with Gasteiger partial charge in [0.1, 0.15) is 0 Å². The molecule has 0 fully saturated rings. The Morgan fingerprint density at radius 3 is 1.69 bits per heavy atom. The topological polar surface area (TPSA) is 37.4 Å². The zero-order valence-corrected chi connectivity index (χ0v) is 11.0. The molecule has 0 aliphatic carbocycles. The lowest BCUT2D eigenvalue weighted by Crippen LogP contribution is -2.24. The predicted molar refractivity (Wildman–Crippen MR) is 65.9 cm³/mol. The zero-order chi connectivity index (χ0) is 12.8. The summed E-state index contributed by atoms with van der Waals surface area (Å²) in [5.74, 6) is -0.481. The van der Waals surface area contributed by atoms with E-state index in [9.17, 15) is 9.59 Å². The maximum absolute atomic E-state index is 10.4. The molecule has 1 aliphatic heterocycles. The van der Waals surface area contributed by atoms with Crippen LogP contribution in [0.1, 0.15) is 47.0 Å². The van der Waals surface area contributed by atoms with Gasteiger partial charge in [0.25, 0.3) is 11.8 Å². The molecule has 0 aromatic heterocycles. The van der Waals surface area contributed by atoms with E-state index in [0.717, 1.165) is 4.90 Å². The highest BCUT2D eigenvalue weighted by atomic mass is 16.2. The lowest BCUT2D eigenvalue weighted by molar-refractivity contribution is -0.135. The minimum absolute atomic E-state index is 0.241. The fraction of sp³-hybridized carbons (Fsp3) is 0.692. The molecule has 3 heteroatoms. The molecule has 0 atom stereocenters. The molecular weight excluding hydrogens is 202 g/mol. The van der Waals surface area contributed by atoms with Crippen LogP contribution in [0, 0.1) is 5.41 Å². The van der Waals surface area contributed by atoms with Crippen molar-refractivity contribution < 1.29 is 9.59 Å². The van der Waals surface area contributed by atoms with E-state index in [1.807, 2.05) is 0 Å². The number of carbonyl (C=O) groups excluding carboxylic acids is 2. The second-order valence-corrected chi connectivity index (χ2v) is 4.84. The molecule has 0 saturated heterocycles. The van der Waals surface area contributed by atoms with Crippen molar-refractivity contribution in [2.24, 2.45) is 5.41 Å². The van der Waals surface area contributed by atoms with Crippen LogP contribution in [0.4, 0.5) is 0 Å². The van der Waals surface area contributed by atoms with Gasteiger partial charge < -0.3 is 0 Å². The molecule has 0 aromatic rings. The van der Waals surface area contributed by atoms with E-state index in [1.54, 1.807) is 0 Å². The molecule has 1 heterocycles. The van der Waals surface area contributed by atoms with Crippen LogP contribution in [0.2, 0.25) is 0 Å². The van der Waals surface area contributed by atoms with Crippen LogP contribution in [0.3, 0.4) is 0 Å². The average Bonchev–Trinajstić information content (AvgIpc) is 2.51. The smallest absolute Gasteiger partial charge is 0.253 e. The molecular formula is C13H23NO2. The minimum atomic E-state index is -0.241. The van der Waals surface area contributed by atoms with Crippen LogP contribution in [-0.4, -0.2) is 23.8 Å². The Kier molecular flexibility index (Phi) is 6.01. The normalized spacial score (nSPS) is 15.2. The summed E-state index contributed by atoms with van der Waals surface area (Å²) in [6, 6.07) is 0. The van der Waals surface area contributed by atoms with Crippen LogP contribution in [0.15, 0.2) is 12.2 Å². The van der Waals surface area contributed by atoms with Crippen molar-refractivity contribution in [3.63, 3.8) is 0 Å². The molecule has 1 rings (SSSR count). The van der Waals surface area contributed by atoms with Gasteiger partial charge in [0.2, 0.25) is 0 Å². The van der Waals surface area contributed by atoms with E-state index in [0.29, 0.717) is 5.41 Å². The second kappa shape index (κ2) is 6.46. The van der Waals surface area contributed by atoms with E-state index in [1.165, 1.54) is 38.5 Å². The van der Waals surface area contributed by atoms with Gasteiger partial charge in [-0.1, -0.05) is 40.5 Å². The number of nitrogens with zero attached hydrogens (tertiary/aromatic N) is 1. The first-order valence-electron chi connectivity index (χ1n) is 5.83. The molecule has 3 nitrogen and oxygen atoms in total. The van der Waals surface area contributed by atoms with Gasteiger partial charge in [0.05, 0.1) is 0 Å². The number of imide groups is 1. The first kappa shape index (κ1) is 14.9. The molecule has 0 bridgehead atoms. The minimum Gasteiger partial charge on any atom is -0.279 e. The van der Waals surface area contributed by atoms with Gasteiger partial charge in [-0.2, -0.15) is 0 Å². The maximum atomic E-state index is 10.4. The highest BCUT2D eigenvalue weighted by molar-refractivity contribution is 6.12. The van der Waals surface area contributed by atoms with Gasteiger partial charge in [-0.25, -0.2) is 0 Å². The van der Waals surface area contributed by atoms with E-state index < -0.39 is 0 Å². The molecule has 1 aliphatic rings. The van der Waals surface area contributed by atoms with E-state index >= 15 is 0 Å². The number of hydrogen-bond acceptors (Lipinski definition) is 2. The summed E-state index contributed by atoms with van der Waals surface area (Å²) in [6.45, 7) is 9.17. The van der Waals surface area contributed by atoms with Gasteiger partial charge in [-0.15, -0.1) is 0 Å². The fourth-order valence-electron chi connectivity index (χ4n) is 1.33. The van der Waals surface area contributed by atoms with Crippen LogP contribution in [0.5, 0.6) is 0 Å². The Bertz CT molecular complexity index is 262. The zero-order valence-electron chi connectivity index (χ0n) is 11.0. The summed E-state index contributed by atoms with van der Waals surface area (Å²) in [6.07, 6.45) is 6.50. The Labute approximate surface area is 98.5 Å². The molecule has 0 unspecified atom stereocenters. The number of rotatable bonds is 3. The Morgan fingerprint density at radius 2 is 1.56 bits per heavy atom. The van der Waals surface area contributed by atoms with Crippen molar-refractivity contribution >= 4 is 11.8 Å². The van der Waals surface area contributed by atoms with Gasteiger partial charge in [0.15, 0.2) is 0 Å². The van der Waals surface area contributed by atoms with Gasteiger partial charge >= 0.3 is 0 Å². The summed E-state index contributed by atoms with van der Waals surface area (Å²) in [5.41, 5.74) is 0.592. The van der Waals surface area contributed by atoms with Gasteiger partial charge in [-0.3, -0.25) is 14.5 Å². The highest BCUT2D eigenvalue weighted by Crippen LogP contribution is 2.25. The molecule has 0 aromatic carbocycles. The molecule has 0 spiro atoms. The summed E-state index contributed by atoms with van der Waals surface area (Å²) in [5, 5.41) is 0. The summed E-state index contributed by atoms with van der Waals surface area (Å²) in [4.78, 5) is 21.9. The monoisotopic (exact) mass is 225 g/mol. The van der Waals surface area contributed by atoms with Crippen molar-refractivity contribution in [2.45, 2.75) is 47.0 Å². The van der Waals surface area contributed by atoms with Crippen LogP contribution < -0.4 is 0 Å². The molecule has 0 radical (unpaired) electrons. The SMILES string of the molecule is CCCC(C)(C)CC.CN1C(=O)C=CC1=O. The molecule has 0 N–H and O–H groups in total. The largest absolute Gasteiger partial charge is 0.279 e. The first-order valence-corrected chi connectivity index (χ1v) is 5.83. The third-order valence-corrected chi connectivity index (χ3v) is 2.91. The van der Waals surface area contributed by atoms with Crippen molar-refractivity contribution in [1.29, 1.82) is 0 Å².